The number of para-hydroxylation sites is 6. The summed E-state index contributed by atoms with van der Waals surface area (Å²) in [6, 6.07) is 47.3. The molecule has 3 nitrogen and oxygen atoms in total. The lowest BCUT2D eigenvalue weighted by atomic mass is 10.1. The molecule has 0 bridgehead atoms. The van der Waals surface area contributed by atoms with Crippen LogP contribution in [-0.4, -0.2) is 0 Å². The number of hydrogen-bond donors (Lipinski definition) is 1. The Hall–Kier alpha value is -4.50. The first-order valence-corrected chi connectivity index (χ1v) is 12.0. The number of nitrogens with one attached hydrogen (secondary N) is 1. The third-order valence-corrected chi connectivity index (χ3v) is 6.49. The Morgan fingerprint density at radius 3 is 1.14 bits per heavy atom. The predicted molar refractivity (Wildman–Crippen MR) is 147 cm³/mol. The molecule has 6 rings (SSSR count). The molecule has 0 saturated carbocycles. The summed E-state index contributed by atoms with van der Waals surface area (Å²) in [5.41, 5.74) is 9.38. The molecule has 0 fully saturated rings. The minimum Gasteiger partial charge on any atom is -0.352 e. The van der Waals surface area contributed by atoms with Crippen molar-refractivity contribution in [3.63, 3.8) is 0 Å². The van der Waals surface area contributed by atoms with E-state index in [1.54, 1.807) is 0 Å². The van der Waals surface area contributed by atoms with Gasteiger partial charge in [0.1, 0.15) is 0 Å². The van der Waals surface area contributed by atoms with Gasteiger partial charge < -0.3 is 15.1 Å². The Balaban J connectivity index is 1.59. The van der Waals surface area contributed by atoms with E-state index < -0.39 is 0 Å². The number of hydrogen-bond acceptors (Lipinski definition) is 3. The van der Waals surface area contributed by atoms with Gasteiger partial charge in [0.2, 0.25) is 0 Å². The fourth-order valence-corrected chi connectivity index (χ4v) is 4.83. The van der Waals surface area contributed by atoms with Gasteiger partial charge in [0.05, 0.1) is 34.1 Å². The summed E-state index contributed by atoms with van der Waals surface area (Å²) in [6.07, 6.45) is 0. The van der Waals surface area contributed by atoms with E-state index in [2.05, 4.69) is 149 Å². The first-order valence-electron chi connectivity index (χ1n) is 12.0. The highest BCUT2D eigenvalue weighted by Gasteiger charge is 2.24. The number of anilines is 6. The van der Waals surface area contributed by atoms with Crippen molar-refractivity contribution >= 4 is 34.1 Å². The fraction of sp³-hybridized carbons (Fsp3) is 0.0625. The zero-order valence-corrected chi connectivity index (χ0v) is 19.5. The van der Waals surface area contributed by atoms with E-state index >= 15 is 0 Å². The van der Waals surface area contributed by atoms with Crippen LogP contribution < -0.4 is 15.1 Å². The van der Waals surface area contributed by atoms with E-state index in [0.717, 1.165) is 35.8 Å². The SMILES string of the molecule is c1ccc(CN2c3ccccc3Nc3ccccc3N(Cc3ccccc3)c3ccccc32)cc1. The summed E-state index contributed by atoms with van der Waals surface area (Å²) in [4.78, 5) is 4.85. The molecular weight excluding hydrogens is 426 g/mol. The van der Waals surface area contributed by atoms with Crippen molar-refractivity contribution in [1.82, 2.24) is 0 Å². The Bertz CT molecular complexity index is 1320. The zero-order valence-electron chi connectivity index (χ0n) is 19.5. The molecule has 0 amide bonds. The van der Waals surface area contributed by atoms with Crippen molar-refractivity contribution in [1.29, 1.82) is 0 Å². The van der Waals surface area contributed by atoms with Gasteiger partial charge in [0.25, 0.3) is 0 Å². The smallest absolute Gasteiger partial charge is 0.0655 e. The van der Waals surface area contributed by atoms with E-state index in [-0.39, 0.29) is 0 Å². The van der Waals surface area contributed by atoms with E-state index in [4.69, 9.17) is 0 Å². The van der Waals surface area contributed by atoms with Crippen molar-refractivity contribution in [2.75, 3.05) is 15.1 Å². The molecule has 1 aliphatic rings. The normalized spacial score (nSPS) is 12.3. The van der Waals surface area contributed by atoms with E-state index in [9.17, 15) is 0 Å². The summed E-state index contributed by atoms with van der Waals surface area (Å²) in [5.74, 6) is 0. The number of nitrogens with zero attached hydrogens (tertiary/aromatic N) is 2. The Morgan fingerprint density at radius 1 is 0.371 bits per heavy atom. The molecule has 3 heteroatoms. The van der Waals surface area contributed by atoms with E-state index in [1.807, 2.05) is 0 Å². The van der Waals surface area contributed by atoms with Gasteiger partial charge in [-0.2, -0.15) is 0 Å². The molecule has 0 spiro atoms. The molecule has 0 atom stereocenters. The molecule has 0 unspecified atom stereocenters. The largest absolute Gasteiger partial charge is 0.352 e. The van der Waals surface area contributed by atoms with Crippen molar-refractivity contribution in [3.8, 4) is 0 Å². The fourth-order valence-electron chi connectivity index (χ4n) is 4.83. The highest BCUT2D eigenvalue weighted by molar-refractivity contribution is 5.92. The third-order valence-electron chi connectivity index (χ3n) is 6.49. The van der Waals surface area contributed by atoms with Gasteiger partial charge in [-0.3, -0.25) is 0 Å². The van der Waals surface area contributed by atoms with E-state index in [1.165, 1.54) is 22.5 Å². The van der Waals surface area contributed by atoms with Crippen LogP contribution in [0.5, 0.6) is 0 Å². The van der Waals surface area contributed by atoms with Gasteiger partial charge in [0, 0.05) is 13.1 Å². The maximum Gasteiger partial charge on any atom is 0.0655 e. The molecule has 0 aromatic heterocycles. The van der Waals surface area contributed by atoms with Crippen molar-refractivity contribution in [3.05, 3.63) is 145 Å². The first-order chi connectivity index (χ1) is 17.4. The predicted octanol–water partition coefficient (Wildman–Crippen LogP) is 8.42. The lowest BCUT2D eigenvalue weighted by molar-refractivity contribution is 0.944. The average Bonchev–Trinajstić information content (AvgIpc) is 2.96. The van der Waals surface area contributed by atoms with Gasteiger partial charge in [-0.1, -0.05) is 97.1 Å². The average molecular weight is 454 g/mol. The minimum absolute atomic E-state index is 0.770. The highest BCUT2D eigenvalue weighted by Crippen LogP contribution is 2.46. The van der Waals surface area contributed by atoms with Crippen LogP contribution in [0.2, 0.25) is 0 Å². The lowest BCUT2D eigenvalue weighted by Gasteiger charge is -2.32. The highest BCUT2D eigenvalue weighted by atomic mass is 15.2. The van der Waals surface area contributed by atoms with Crippen LogP contribution in [0.25, 0.3) is 0 Å². The second-order valence-corrected chi connectivity index (χ2v) is 8.79. The van der Waals surface area contributed by atoms with Gasteiger partial charge in [-0.05, 0) is 47.5 Å². The Kier molecular flexibility index (Phi) is 5.65. The number of benzene rings is 5. The topological polar surface area (TPSA) is 18.5 Å². The maximum absolute atomic E-state index is 3.77. The van der Waals surface area contributed by atoms with Crippen molar-refractivity contribution < 1.29 is 0 Å². The molecule has 170 valence electrons. The Morgan fingerprint density at radius 2 is 0.714 bits per heavy atom. The summed E-state index contributed by atoms with van der Waals surface area (Å²) >= 11 is 0. The van der Waals surface area contributed by atoms with Crippen LogP contribution in [0.4, 0.5) is 34.1 Å². The number of fused-ring (bicyclic) bond motifs is 3. The first kappa shape index (κ1) is 21.1. The maximum atomic E-state index is 3.77. The summed E-state index contributed by atoms with van der Waals surface area (Å²) in [5, 5.41) is 3.77. The van der Waals surface area contributed by atoms with Gasteiger partial charge in [-0.15, -0.1) is 0 Å². The van der Waals surface area contributed by atoms with Crippen LogP contribution >= 0.6 is 0 Å². The second-order valence-electron chi connectivity index (χ2n) is 8.79. The zero-order chi connectivity index (χ0) is 23.5. The summed E-state index contributed by atoms with van der Waals surface area (Å²) in [7, 11) is 0. The van der Waals surface area contributed by atoms with Gasteiger partial charge >= 0.3 is 0 Å². The van der Waals surface area contributed by atoms with Crippen LogP contribution in [0.15, 0.2) is 133 Å². The Labute approximate surface area is 206 Å². The molecule has 35 heavy (non-hydrogen) atoms. The summed E-state index contributed by atoms with van der Waals surface area (Å²) < 4.78 is 0. The lowest BCUT2D eigenvalue weighted by Crippen LogP contribution is -2.22. The van der Waals surface area contributed by atoms with Crippen molar-refractivity contribution in [2.45, 2.75) is 13.1 Å². The standard InChI is InChI=1S/C32H27N3/c1-3-13-25(14-4-1)23-34-29-19-9-7-17-27(29)33-28-18-8-10-20-30(28)35(24-26-15-5-2-6-16-26)32-22-12-11-21-31(32)34/h1-22,33H,23-24H2. The van der Waals surface area contributed by atoms with Crippen LogP contribution in [-0.2, 0) is 13.1 Å². The molecule has 0 saturated heterocycles. The van der Waals surface area contributed by atoms with Gasteiger partial charge in [-0.25, -0.2) is 0 Å². The van der Waals surface area contributed by atoms with E-state index in [0.29, 0.717) is 0 Å². The van der Waals surface area contributed by atoms with Crippen LogP contribution in [0.1, 0.15) is 11.1 Å². The molecular formula is C32H27N3. The quantitative estimate of drug-likeness (QED) is 0.295. The molecule has 1 aliphatic heterocycles. The second kappa shape index (κ2) is 9.40. The molecule has 1 heterocycles. The minimum atomic E-state index is 0.770. The third kappa shape index (κ3) is 4.24. The van der Waals surface area contributed by atoms with Crippen LogP contribution in [0, 0.1) is 0 Å². The monoisotopic (exact) mass is 453 g/mol. The molecule has 5 aromatic carbocycles. The summed E-state index contributed by atoms with van der Waals surface area (Å²) in [6.45, 7) is 1.54. The van der Waals surface area contributed by atoms with Crippen LogP contribution in [0.3, 0.4) is 0 Å². The molecule has 5 aromatic rings. The molecule has 0 aliphatic carbocycles. The van der Waals surface area contributed by atoms with Gasteiger partial charge in [0.15, 0.2) is 0 Å². The number of rotatable bonds is 4. The molecule has 0 radical (unpaired) electrons. The molecule has 1 N–H and O–H groups in total. The van der Waals surface area contributed by atoms with Crippen molar-refractivity contribution in [2.24, 2.45) is 0 Å².